The fraction of sp³-hybridized carbons (Fsp3) is 0.429. The monoisotopic (exact) mass is 696 g/mol. The first kappa shape index (κ1) is 37.5. The van der Waals surface area contributed by atoms with Crippen LogP contribution in [0.3, 0.4) is 0 Å². The van der Waals surface area contributed by atoms with E-state index in [1.165, 1.54) is 6.08 Å². The van der Waals surface area contributed by atoms with Crippen molar-refractivity contribution in [1.82, 2.24) is 10.6 Å². The first-order valence-electron chi connectivity index (χ1n) is 15.7. The number of alkyl carbamates (subject to hydrolysis) is 1. The molecule has 0 saturated heterocycles. The number of hydrogen-bond donors (Lipinski definition) is 3. The summed E-state index contributed by atoms with van der Waals surface area (Å²) in [6.07, 6.45) is -4.59. The minimum atomic E-state index is -2.10. The highest BCUT2D eigenvalue weighted by Crippen LogP contribution is 2.47. The summed E-state index contributed by atoms with van der Waals surface area (Å²) in [5.41, 5.74) is 1.92. The predicted molar refractivity (Wildman–Crippen MR) is 173 cm³/mol. The largest absolute Gasteiger partial charge is 0.465 e. The molecule has 4 rings (SSSR count). The van der Waals surface area contributed by atoms with Gasteiger partial charge in [-0.15, -0.1) is 0 Å². The highest BCUT2D eigenvalue weighted by molar-refractivity contribution is 5.82. The Morgan fingerprint density at radius 2 is 1.44 bits per heavy atom. The Morgan fingerprint density at radius 3 is 1.98 bits per heavy atom. The number of benzene rings is 2. The second-order valence-electron chi connectivity index (χ2n) is 11.8. The summed E-state index contributed by atoms with van der Waals surface area (Å²) in [5.74, 6) is -5.54. The topological polar surface area (TPSA) is 202 Å². The predicted octanol–water partition coefficient (Wildman–Crippen LogP) is 1.89. The molecule has 3 unspecified atom stereocenters. The molecule has 0 radical (unpaired) electrons. The minimum absolute atomic E-state index is 0.0666. The van der Waals surface area contributed by atoms with Gasteiger partial charge in [0.1, 0.15) is 31.5 Å². The maximum atomic E-state index is 13.1. The third-order valence-electron chi connectivity index (χ3n) is 8.33. The van der Waals surface area contributed by atoms with Crippen LogP contribution in [0.1, 0.15) is 44.7 Å². The molecule has 2 aromatic carbocycles. The summed E-state index contributed by atoms with van der Waals surface area (Å²) >= 11 is 0. The Bertz CT molecular complexity index is 1580. The van der Waals surface area contributed by atoms with Crippen molar-refractivity contribution in [3.8, 4) is 11.1 Å². The number of carbonyl (C=O) groups excluding carboxylic acids is 6. The van der Waals surface area contributed by atoms with Gasteiger partial charge in [0.15, 0.2) is 18.4 Å². The van der Waals surface area contributed by atoms with E-state index < -0.39 is 85.1 Å². The van der Waals surface area contributed by atoms with E-state index in [-0.39, 0.29) is 19.1 Å². The van der Waals surface area contributed by atoms with Crippen molar-refractivity contribution in [2.24, 2.45) is 5.92 Å². The van der Waals surface area contributed by atoms with Gasteiger partial charge < -0.3 is 44.2 Å². The molecular formula is C35H40N2O13. The minimum Gasteiger partial charge on any atom is -0.465 e. The third kappa shape index (κ3) is 8.29. The van der Waals surface area contributed by atoms with Crippen LogP contribution >= 0.6 is 0 Å². The van der Waals surface area contributed by atoms with Crippen LogP contribution in [0.5, 0.6) is 0 Å². The van der Waals surface area contributed by atoms with Crippen LogP contribution < -0.4 is 10.6 Å². The fourth-order valence-electron chi connectivity index (χ4n) is 6.34. The zero-order valence-electron chi connectivity index (χ0n) is 28.0. The van der Waals surface area contributed by atoms with Crippen molar-refractivity contribution in [2.75, 3.05) is 26.4 Å². The van der Waals surface area contributed by atoms with E-state index in [2.05, 4.69) is 17.2 Å². The number of nitrogens with one attached hydrogen (secondary N) is 2. The second kappa shape index (κ2) is 16.4. The van der Waals surface area contributed by atoms with Gasteiger partial charge in [0.25, 0.3) is 0 Å². The van der Waals surface area contributed by atoms with Gasteiger partial charge in [0.2, 0.25) is 5.91 Å². The zero-order valence-corrected chi connectivity index (χ0v) is 28.0. The van der Waals surface area contributed by atoms with Gasteiger partial charge in [-0.25, -0.2) is 9.59 Å². The average Bonchev–Trinajstić information content (AvgIpc) is 3.38. The molecule has 15 nitrogen and oxygen atoms in total. The highest BCUT2D eigenvalue weighted by Gasteiger charge is 2.71. The molecule has 0 bridgehead atoms. The maximum absolute atomic E-state index is 13.1. The van der Waals surface area contributed by atoms with Gasteiger partial charge in [0, 0.05) is 33.6 Å². The molecular weight excluding hydrogens is 656 g/mol. The van der Waals surface area contributed by atoms with Gasteiger partial charge in [0.05, 0.1) is 12.5 Å². The Balaban J connectivity index is 1.54. The van der Waals surface area contributed by atoms with Crippen LogP contribution in [0.15, 0.2) is 61.2 Å². The number of ether oxygens (including phenoxy) is 6. The normalized spacial score (nSPS) is 21.5. The Kier molecular flexibility index (Phi) is 12.3. The van der Waals surface area contributed by atoms with E-state index in [9.17, 15) is 33.9 Å². The van der Waals surface area contributed by atoms with Gasteiger partial charge in [-0.05, 0) is 22.3 Å². The van der Waals surface area contributed by atoms with E-state index >= 15 is 0 Å². The number of aliphatic hydroxyl groups excluding tert-OH is 1. The fourth-order valence-corrected chi connectivity index (χ4v) is 6.34. The first-order chi connectivity index (χ1) is 23.8. The van der Waals surface area contributed by atoms with Crippen LogP contribution in [0, 0.1) is 5.92 Å². The second-order valence-corrected chi connectivity index (χ2v) is 11.8. The SMILES string of the molecule is C=CCOC(=O)[C@H](COC(O)[C@]1(NC(C)=O)C(COC(C)=O)[C@@H](OC(C)=O)C1OC(C)=O)NC(=O)OCC1c2ccccc2-c2ccccc21. The number of aliphatic hydroxyl groups is 1. The third-order valence-corrected chi connectivity index (χ3v) is 8.33. The molecule has 268 valence electrons. The van der Waals surface area contributed by atoms with Crippen LogP contribution in [0.2, 0.25) is 0 Å². The van der Waals surface area contributed by atoms with Crippen molar-refractivity contribution in [3.05, 3.63) is 72.3 Å². The van der Waals surface area contributed by atoms with E-state index in [0.29, 0.717) is 0 Å². The van der Waals surface area contributed by atoms with Crippen molar-refractivity contribution < 1.29 is 62.3 Å². The molecule has 0 spiro atoms. The van der Waals surface area contributed by atoms with Gasteiger partial charge in [-0.2, -0.15) is 0 Å². The number of fused-ring (bicyclic) bond motifs is 3. The van der Waals surface area contributed by atoms with Crippen LogP contribution in [0.4, 0.5) is 4.79 Å². The van der Waals surface area contributed by atoms with Gasteiger partial charge >= 0.3 is 30.0 Å². The van der Waals surface area contributed by atoms with Crippen molar-refractivity contribution in [2.45, 2.75) is 63.7 Å². The molecule has 0 heterocycles. The number of carbonyl (C=O) groups is 6. The van der Waals surface area contributed by atoms with Crippen LogP contribution in [0.25, 0.3) is 11.1 Å². The molecule has 50 heavy (non-hydrogen) atoms. The zero-order chi connectivity index (χ0) is 36.6. The lowest BCUT2D eigenvalue weighted by Gasteiger charge is -2.59. The lowest BCUT2D eigenvalue weighted by molar-refractivity contribution is -0.290. The summed E-state index contributed by atoms with van der Waals surface area (Å²) in [5, 5.41) is 16.4. The quantitative estimate of drug-likeness (QED) is 0.106. The van der Waals surface area contributed by atoms with Gasteiger partial charge in [-0.3, -0.25) is 19.2 Å². The van der Waals surface area contributed by atoms with E-state index in [4.69, 9.17) is 28.4 Å². The summed E-state index contributed by atoms with van der Waals surface area (Å²) < 4.78 is 32.2. The molecule has 3 N–H and O–H groups in total. The van der Waals surface area contributed by atoms with Gasteiger partial charge in [-0.1, -0.05) is 61.2 Å². The summed E-state index contributed by atoms with van der Waals surface area (Å²) in [4.78, 5) is 74.3. The molecule has 1 saturated carbocycles. The van der Waals surface area contributed by atoms with E-state index in [1.807, 2.05) is 48.5 Å². The van der Waals surface area contributed by atoms with E-state index in [1.54, 1.807) is 0 Å². The highest BCUT2D eigenvalue weighted by atomic mass is 16.6. The number of rotatable bonds is 15. The smallest absolute Gasteiger partial charge is 0.407 e. The molecule has 2 aromatic rings. The Morgan fingerprint density at radius 1 is 0.840 bits per heavy atom. The Hall–Kier alpha value is -5.28. The Labute approximate surface area is 288 Å². The molecule has 0 aromatic heterocycles. The molecule has 2 amide bonds. The van der Waals surface area contributed by atoms with Crippen molar-refractivity contribution in [3.63, 3.8) is 0 Å². The first-order valence-corrected chi connectivity index (χ1v) is 15.7. The number of hydrogen-bond acceptors (Lipinski definition) is 13. The van der Waals surface area contributed by atoms with Crippen LogP contribution in [-0.2, 0) is 52.4 Å². The van der Waals surface area contributed by atoms with Crippen molar-refractivity contribution in [1.29, 1.82) is 0 Å². The summed E-state index contributed by atoms with van der Waals surface area (Å²) in [6, 6.07) is 13.9. The summed E-state index contributed by atoms with van der Waals surface area (Å²) in [7, 11) is 0. The standard InChI is InChI=1S/C35H40N2O13/c1-6-15-45-32(42)29(36-34(44)48-16-27-25-13-9-7-11-23(25)24-12-8-10-14-26(24)27)18-47-33(43)35(37-19(2)38)28(17-46-20(3)39)30(49-21(4)40)31(35)50-22(5)41/h6-14,27-31,33,43H,1,15-18H2,2-5H3,(H,36,44)(H,37,38)/t28?,29-,30+,31?,33?,35-/m0/s1. The molecule has 1 fully saturated rings. The lowest BCUT2D eigenvalue weighted by atomic mass is 9.60. The molecule has 6 atom stereocenters. The van der Waals surface area contributed by atoms with Crippen LogP contribution in [-0.4, -0.2) is 97.5 Å². The molecule has 2 aliphatic carbocycles. The molecule has 2 aliphatic rings. The van der Waals surface area contributed by atoms with E-state index in [0.717, 1.165) is 49.9 Å². The molecule has 0 aliphatic heterocycles. The van der Waals surface area contributed by atoms with Crippen molar-refractivity contribution >= 4 is 35.9 Å². The lowest BCUT2D eigenvalue weighted by Crippen LogP contribution is -2.83. The number of amides is 2. The maximum Gasteiger partial charge on any atom is 0.407 e. The molecule has 15 heteroatoms. The average molecular weight is 697 g/mol. The number of esters is 4. The summed E-state index contributed by atoms with van der Waals surface area (Å²) in [6.45, 7) is 6.34.